The summed E-state index contributed by atoms with van der Waals surface area (Å²) in [4.78, 5) is 26.2. The fourth-order valence-electron chi connectivity index (χ4n) is 4.18. The smallest absolute Gasteiger partial charge is 0.410 e. The highest BCUT2D eigenvalue weighted by Gasteiger charge is 2.35. The summed E-state index contributed by atoms with van der Waals surface area (Å²) in [5, 5.41) is 19.8. The van der Waals surface area contributed by atoms with Crippen molar-refractivity contribution in [1.29, 1.82) is 5.26 Å². The molecule has 0 unspecified atom stereocenters. The Morgan fingerprint density at radius 1 is 1.06 bits per heavy atom. The lowest BCUT2D eigenvalue weighted by Crippen LogP contribution is -2.35. The van der Waals surface area contributed by atoms with E-state index in [1.165, 1.54) is 0 Å². The zero-order chi connectivity index (χ0) is 25.2. The maximum Gasteiger partial charge on any atom is 0.410 e. The Hall–Kier alpha value is -4.25. The van der Waals surface area contributed by atoms with Crippen LogP contribution < -0.4 is 4.74 Å². The van der Waals surface area contributed by atoms with Crippen LogP contribution in [0.4, 0.5) is 4.79 Å². The van der Waals surface area contributed by atoms with Gasteiger partial charge in [-0.15, -0.1) is 0 Å². The van der Waals surface area contributed by atoms with Crippen molar-refractivity contribution in [3.8, 4) is 23.3 Å². The number of hydrogen-bond acceptors (Lipinski definition) is 5. The fourth-order valence-corrected chi connectivity index (χ4v) is 4.18. The minimum absolute atomic E-state index is 0.0341. The average Bonchev–Trinajstić information content (AvgIpc) is 3.44. The summed E-state index contributed by atoms with van der Waals surface area (Å²) >= 11 is 0. The van der Waals surface area contributed by atoms with Crippen LogP contribution in [0.25, 0.3) is 5.69 Å². The molecule has 3 aromatic rings. The van der Waals surface area contributed by atoms with Crippen molar-refractivity contribution in [2.24, 2.45) is 0 Å². The summed E-state index contributed by atoms with van der Waals surface area (Å²) in [6.07, 6.45) is 1.85. The number of nitrogens with zero attached hydrogens (tertiary/aromatic N) is 3. The lowest BCUT2D eigenvalue weighted by molar-refractivity contribution is 0.0292. The third-order valence-corrected chi connectivity index (χ3v) is 5.73. The van der Waals surface area contributed by atoms with Crippen LogP contribution in [0.5, 0.6) is 11.5 Å². The van der Waals surface area contributed by atoms with Gasteiger partial charge in [-0.3, -0.25) is 0 Å². The molecule has 0 aliphatic carbocycles. The van der Waals surface area contributed by atoms with Gasteiger partial charge in [-0.05, 0) is 69.2 Å². The van der Waals surface area contributed by atoms with Gasteiger partial charge in [-0.2, -0.15) is 5.26 Å². The van der Waals surface area contributed by atoms with Gasteiger partial charge >= 0.3 is 12.1 Å². The number of aromatic nitrogens is 1. The molecule has 1 atom stereocenters. The number of hydrogen-bond donors (Lipinski definition) is 1. The first-order valence-corrected chi connectivity index (χ1v) is 11.4. The van der Waals surface area contributed by atoms with E-state index in [1.54, 1.807) is 60.7 Å². The zero-order valence-electron chi connectivity index (χ0n) is 19.9. The Morgan fingerprint density at radius 3 is 2.31 bits per heavy atom. The molecule has 1 aromatic heterocycles. The van der Waals surface area contributed by atoms with Crippen LogP contribution in [0.1, 0.15) is 54.7 Å². The van der Waals surface area contributed by atoms with Crippen LogP contribution >= 0.6 is 0 Å². The van der Waals surface area contributed by atoms with E-state index in [4.69, 9.17) is 9.47 Å². The van der Waals surface area contributed by atoms with E-state index in [0.717, 1.165) is 0 Å². The fraction of sp³-hybridized carbons (Fsp3) is 0.296. The Bertz CT molecular complexity index is 1270. The number of carboxylic acids is 1. The lowest BCUT2D eigenvalue weighted by Gasteiger charge is -2.24. The molecule has 0 saturated carbocycles. The first-order chi connectivity index (χ1) is 16.7. The predicted molar refractivity (Wildman–Crippen MR) is 129 cm³/mol. The number of rotatable bonds is 5. The molecule has 2 aromatic carbocycles. The van der Waals surface area contributed by atoms with Gasteiger partial charge < -0.3 is 24.0 Å². The van der Waals surface area contributed by atoms with Crippen molar-refractivity contribution < 1.29 is 24.2 Å². The molecule has 1 aliphatic rings. The van der Waals surface area contributed by atoms with E-state index >= 15 is 0 Å². The second-order valence-electron chi connectivity index (χ2n) is 9.42. The summed E-state index contributed by atoms with van der Waals surface area (Å²) in [6.45, 7) is 6.19. The number of benzene rings is 2. The molecule has 180 valence electrons. The number of para-hydroxylation sites is 1. The Kier molecular flexibility index (Phi) is 6.52. The highest BCUT2D eigenvalue weighted by molar-refractivity contribution is 5.93. The van der Waals surface area contributed by atoms with Crippen molar-refractivity contribution in [2.45, 2.75) is 38.7 Å². The van der Waals surface area contributed by atoms with E-state index in [9.17, 15) is 20.0 Å². The largest absolute Gasteiger partial charge is 0.478 e. The van der Waals surface area contributed by atoms with Gasteiger partial charge in [-0.25, -0.2) is 9.59 Å². The van der Waals surface area contributed by atoms with Crippen LogP contribution in [-0.2, 0) is 4.74 Å². The van der Waals surface area contributed by atoms with Gasteiger partial charge in [-0.1, -0.05) is 18.2 Å². The molecule has 1 saturated heterocycles. The summed E-state index contributed by atoms with van der Waals surface area (Å²) in [5.74, 6) is -0.0732. The highest BCUT2D eigenvalue weighted by Crippen LogP contribution is 2.34. The summed E-state index contributed by atoms with van der Waals surface area (Å²) in [6, 6.07) is 18.5. The molecule has 0 bridgehead atoms. The van der Waals surface area contributed by atoms with E-state index in [1.807, 2.05) is 30.3 Å². The zero-order valence-corrected chi connectivity index (χ0v) is 19.9. The topological polar surface area (TPSA) is 105 Å². The van der Waals surface area contributed by atoms with Crippen molar-refractivity contribution in [2.75, 3.05) is 13.1 Å². The monoisotopic (exact) mass is 473 g/mol. The van der Waals surface area contributed by atoms with Crippen LogP contribution in [0, 0.1) is 11.3 Å². The van der Waals surface area contributed by atoms with Gasteiger partial charge in [0, 0.05) is 30.9 Å². The normalized spacial score (nSPS) is 15.5. The lowest BCUT2D eigenvalue weighted by atomic mass is 9.96. The Morgan fingerprint density at radius 2 is 1.71 bits per heavy atom. The molecule has 0 radical (unpaired) electrons. The number of likely N-dealkylation sites (tertiary alicyclic amines) is 1. The van der Waals surface area contributed by atoms with Crippen molar-refractivity contribution >= 4 is 12.1 Å². The molecule has 35 heavy (non-hydrogen) atoms. The van der Waals surface area contributed by atoms with Crippen LogP contribution in [0.2, 0.25) is 0 Å². The second kappa shape index (κ2) is 9.55. The van der Waals surface area contributed by atoms with Crippen LogP contribution in [-0.4, -0.2) is 45.3 Å². The minimum Gasteiger partial charge on any atom is -0.478 e. The third kappa shape index (κ3) is 5.30. The summed E-state index contributed by atoms with van der Waals surface area (Å²) in [5.41, 5.74) is 0.560. The number of carbonyl (C=O) groups excluding carboxylic acids is 1. The maximum absolute atomic E-state index is 12.5. The number of aromatic carboxylic acids is 1. The van der Waals surface area contributed by atoms with E-state index in [-0.39, 0.29) is 17.2 Å². The molecule has 1 N–H and O–H groups in total. The molecule has 0 spiro atoms. The summed E-state index contributed by atoms with van der Waals surface area (Å²) < 4.78 is 12.9. The first kappa shape index (κ1) is 23.9. The van der Waals surface area contributed by atoms with Crippen molar-refractivity contribution in [3.63, 3.8) is 0 Å². The van der Waals surface area contributed by atoms with Gasteiger partial charge in [0.05, 0.1) is 5.56 Å². The minimum atomic E-state index is -1.17. The number of nitriles is 1. The van der Waals surface area contributed by atoms with Gasteiger partial charge in [0.25, 0.3) is 0 Å². The summed E-state index contributed by atoms with van der Waals surface area (Å²) in [7, 11) is 0. The molecular weight excluding hydrogens is 446 g/mol. The van der Waals surface area contributed by atoms with Crippen molar-refractivity contribution in [1.82, 2.24) is 9.47 Å². The number of carboxylic acid groups (broad SMARTS) is 1. The highest BCUT2D eigenvalue weighted by atomic mass is 16.6. The molecule has 1 amide bonds. The first-order valence-electron chi connectivity index (χ1n) is 11.4. The second-order valence-corrected chi connectivity index (χ2v) is 9.42. The molecular formula is C27H27N3O5. The Balaban J connectivity index is 1.61. The van der Waals surface area contributed by atoms with Crippen LogP contribution in [0.15, 0.2) is 60.8 Å². The van der Waals surface area contributed by atoms with Gasteiger partial charge in [0.15, 0.2) is 0 Å². The number of amides is 1. The van der Waals surface area contributed by atoms with E-state index in [2.05, 4.69) is 6.07 Å². The SMILES string of the molecule is CC(C)(C)OC(=O)N1CC[C@@H](c2cn(-c3ccc(Oc4ccccc4)cc3)c(C#N)c2C(=O)O)C1. The molecule has 4 rings (SSSR count). The Labute approximate surface area is 203 Å². The van der Waals surface area contributed by atoms with Crippen molar-refractivity contribution in [3.05, 3.63) is 77.6 Å². The molecule has 8 nitrogen and oxygen atoms in total. The molecule has 1 aliphatic heterocycles. The quantitative estimate of drug-likeness (QED) is 0.520. The van der Waals surface area contributed by atoms with E-state index in [0.29, 0.717) is 42.3 Å². The van der Waals surface area contributed by atoms with Crippen LogP contribution in [0.3, 0.4) is 0 Å². The number of ether oxygens (including phenoxy) is 2. The van der Waals surface area contributed by atoms with Gasteiger partial charge in [0.2, 0.25) is 0 Å². The standard InChI is InChI=1S/C27H27N3O5/c1-27(2,3)35-26(33)29-14-13-18(16-29)22-17-30(23(15-28)24(22)25(31)32)19-9-11-21(12-10-19)34-20-7-5-4-6-8-20/h4-12,17-18H,13-14,16H2,1-3H3,(H,31,32)/t18-/m1/s1. The third-order valence-electron chi connectivity index (χ3n) is 5.73. The maximum atomic E-state index is 12.5. The predicted octanol–water partition coefficient (Wildman–Crippen LogP) is 5.56. The van der Waals surface area contributed by atoms with E-state index < -0.39 is 17.7 Å². The van der Waals surface area contributed by atoms with Gasteiger partial charge in [0.1, 0.15) is 28.9 Å². The number of carbonyl (C=O) groups is 2. The molecule has 8 heteroatoms. The average molecular weight is 474 g/mol. The molecule has 2 heterocycles. The molecule has 1 fully saturated rings.